The number of pyridine rings is 3. The Morgan fingerprint density at radius 2 is 2.00 bits per heavy atom. The van der Waals surface area contributed by atoms with Crippen molar-refractivity contribution in [1.82, 2.24) is 20.3 Å². The summed E-state index contributed by atoms with van der Waals surface area (Å²) in [7, 11) is 3.41. The van der Waals surface area contributed by atoms with E-state index in [1.807, 2.05) is 25.3 Å². The topological polar surface area (TPSA) is 72.4 Å². The van der Waals surface area contributed by atoms with Crippen molar-refractivity contribution in [3.63, 3.8) is 0 Å². The lowest BCUT2D eigenvalue weighted by atomic mass is 10.0. The molecule has 160 valence electrons. The Morgan fingerprint density at radius 1 is 1.23 bits per heavy atom. The molecule has 31 heavy (non-hydrogen) atoms. The summed E-state index contributed by atoms with van der Waals surface area (Å²) in [5.74, 6) is 1.23. The molecule has 0 amide bonds. The Labute approximate surface area is 186 Å². The van der Waals surface area contributed by atoms with Gasteiger partial charge in [-0.3, -0.25) is 4.98 Å². The van der Waals surface area contributed by atoms with E-state index in [1.165, 1.54) is 0 Å². The summed E-state index contributed by atoms with van der Waals surface area (Å²) in [5.41, 5.74) is 4.11. The summed E-state index contributed by atoms with van der Waals surface area (Å²) in [6.45, 7) is 6.68. The minimum atomic E-state index is 0.383. The fourth-order valence-electron chi connectivity index (χ4n) is 3.69. The molecule has 3 aromatic rings. The third-order valence-corrected chi connectivity index (χ3v) is 5.56. The van der Waals surface area contributed by atoms with E-state index in [9.17, 15) is 0 Å². The van der Waals surface area contributed by atoms with E-state index in [0.29, 0.717) is 24.1 Å². The third kappa shape index (κ3) is 4.06. The maximum atomic E-state index is 6.67. The smallest absolute Gasteiger partial charge is 0.232 e. The van der Waals surface area contributed by atoms with Crippen molar-refractivity contribution in [3.8, 4) is 17.0 Å². The summed E-state index contributed by atoms with van der Waals surface area (Å²) in [5, 5.41) is 4.59. The number of methoxy groups -OCH3 is 1. The van der Waals surface area contributed by atoms with Crippen molar-refractivity contribution < 1.29 is 9.47 Å². The average Bonchev–Trinajstić information content (AvgIpc) is 2.82. The monoisotopic (exact) mass is 437 g/mol. The van der Waals surface area contributed by atoms with E-state index >= 15 is 0 Å². The molecule has 0 bridgehead atoms. The summed E-state index contributed by atoms with van der Waals surface area (Å²) in [6.07, 6.45) is 7.08. The highest BCUT2D eigenvalue weighted by Crippen LogP contribution is 2.39. The molecule has 0 unspecified atom stereocenters. The Bertz CT molecular complexity index is 1140. The van der Waals surface area contributed by atoms with Crippen LogP contribution in [0.4, 0.5) is 5.82 Å². The quantitative estimate of drug-likeness (QED) is 0.585. The molecule has 3 aromatic heterocycles. The molecule has 0 saturated carbocycles. The van der Waals surface area contributed by atoms with Crippen LogP contribution in [0.3, 0.4) is 0 Å². The summed E-state index contributed by atoms with van der Waals surface area (Å²) < 4.78 is 10.9. The van der Waals surface area contributed by atoms with Crippen LogP contribution < -0.4 is 15.0 Å². The molecular formula is C23H24ClN5O2. The number of aromatic nitrogens is 3. The van der Waals surface area contributed by atoms with Crippen LogP contribution in [0.1, 0.15) is 5.69 Å². The summed E-state index contributed by atoms with van der Waals surface area (Å²) in [6, 6.07) is 5.91. The van der Waals surface area contributed by atoms with Gasteiger partial charge in [-0.2, -0.15) is 0 Å². The van der Waals surface area contributed by atoms with Crippen LogP contribution in [0.2, 0.25) is 5.02 Å². The van der Waals surface area contributed by atoms with Crippen LogP contribution in [0.25, 0.3) is 27.7 Å². The molecule has 1 saturated heterocycles. The van der Waals surface area contributed by atoms with Crippen LogP contribution in [-0.4, -0.2) is 55.4 Å². The highest BCUT2D eigenvalue weighted by molar-refractivity contribution is 6.35. The van der Waals surface area contributed by atoms with Gasteiger partial charge in [0.1, 0.15) is 22.1 Å². The Morgan fingerprint density at radius 3 is 2.71 bits per heavy atom. The number of hydrogen-bond acceptors (Lipinski definition) is 7. The van der Waals surface area contributed by atoms with Crippen molar-refractivity contribution in [2.24, 2.45) is 0 Å². The number of allylic oxidation sites excluding steroid dienone is 2. The fraction of sp³-hybridized carbons (Fsp3) is 0.261. The second-order valence-corrected chi connectivity index (χ2v) is 7.31. The van der Waals surface area contributed by atoms with Crippen LogP contribution in [0.15, 0.2) is 49.3 Å². The first-order chi connectivity index (χ1) is 15.2. The number of hydrogen-bond donors (Lipinski definition) is 1. The molecule has 1 aliphatic heterocycles. The molecule has 0 radical (unpaired) electrons. The van der Waals surface area contributed by atoms with Gasteiger partial charge in [0.15, 0.2) is 0 Å². The number of halogens is 1. The van der Waals surface area contributed by atoms with Gasteiger partial charge in [-0.15, -0.1) is 0 Å². The van der Waals surface area contributed by atoms with E-state index < -0.39 is 0 Å². The van der Waals surface area contributed by atoms with Crippen LogP contribution >= 0.6 is 11.6 Å². The molecule has 1 fully saturated rings. The third-order valence-electron chi connectivity index (χ3n) is 5.20. The molecular weight excluding hydrogens is 414 g/mol. The molecule has 4 heterocycles. The van der Waals surface area contributed by atoms with Crippen molar-refractivity contribution in [3.05, 3.63) is 60.0 Å². The Hall–Kier alpha value is -3.16. The normalized spacial score (nSPS) is 14.5. The van der Waals surface area contributed by atoms with E-state index in [1.54, 1.807) is 25.6 Å². The Balaban J connectivity index is 2.03. The zero-order chi connectivity index (χ0) is 21.8. The number of ether oxygens (including phenoxy) is 2. The molecule has 0 aliphatic carbocycles. The molecule has 0 aromatic carbocycles. The second-order valence-electron chi connectivity index (χ2n) is 6.93. The molecule has 7 nitrogen and oxygen atoms in total. The summed E-state index contributed by atoms with van der Waals surface area (Å²) >= 11 is 6.67. The van der Waals surface area contributed by atoms with Crippen molar-refractivity contribution >= 4 is 34.0 Å². The van der Waals surface area contributed by atoms with Crippen molar-refractivity contribution in [1.29, 1.82) is 0 Å². The maximum Gasteiger partial charge on any atom is 0.232 e. The zero-order valence-corrected chi connectivity index (χ0v) is 18.3. The van der Waals surface area contributed by atoms with Crippen molar-refractivity contribution in [2.45, 2.75) is 0 Å². The number of morpholine rings is 1. The predicted molar refractivity (Wildman–Crippen MR) is 125 cm³/mol. The SMILES string of the molecule is C=C/C=C(\NC)c1nccc2c(-c3ccnc(OC)c3Cl)cc(N3CCOCC3)nc12. The van der Waals surface area contributed by atoms with Gasteiger partial charge in [0.05, 0.1) is 26.0 Å². The number of nitrogens with zero attached hydrogens (tertiary/aromatic N) is 4. The van der Waals surface area contributed by atoms with Gasteiger partial charge < -0.3 is 19.7 Å². The lowest BCUT2D eigenvalue weighted by Crippen LogP contribution is -2.36. The lowest BCUT2D eigenvalue weighted by Gasteiger charge is -2.29. The molecule has 0 spiro atoms. The van der Waals surface area contributed by atoms with Crippen molar-refractivity contribution in [2.75, 3.05) is 45.4 Å². The van der Waals surface area contributed by atoms with E-state index in [-0.39, 0.29) is 0 Å². The number of rotatable bonds is 6. The minimum absolute atomic E-state index is 0.383. The van der Waals surface area contributed by atoms with E-state index in [2.05, 4.69) is 32.8 Å². The second kappa shape index (κ2) is 9.32. The lowest BCUT2D eigenvalue weighted by molar-refractivity contribution is 0.122. The van der Waals surface area contributed by atoms with Gasteiger partial charge in [0.2, 0.25) is 5.88 Å². The standard InChI is InChI=1S/C23H24ClN5O2/c1-4-5-18(25-2)22-21-16(7-8-26-22)17(15-6-9-27-23(30-3)20(15)24)14-19(28-21)29-10-12-31-13-11-29/h4-9,14,25H,1,10-13H2,2-3H3/b18-5-. The summed E-state index contributed by atoms with van der Waals surface area (Å²) in [4.78, 5) is 16.1. The van der Waals surface area contributed by atoms with Gasteiger partial charge >= 0.3 is 0 Å². The Kier molecular flexibility index (Phi) is 6.34. The zero-order valence-electron chi connectivity index (χ0n) is 17.6. The van der Waals surface area contributed by atoms with Gasteiger partial charge in [-0.1, -0.05) is 24.3 Å². The van der Waals surface area contributed by atoms with E-state index in [0.717, 1.165) is 52.3 Å². The largest absolute Gasteiger partial charge is 0.480 e. The van der Waals surface area contributed by atoms with Gasteiger partial charge in [0.25, 0.3) is 0 Å². The fourth-order valence-corrected chi connectivity index (χ4v) is 3.98. The van der Waals surface area contributed by atoms with Gasteiger partial charge in [0, 0.05) is 43.5 Å². The predicted octanol–water partition coefficient (Wildman–Crippen LogP) is 3.94. The number of anilines is 1. The van der Waals surface area contributed by atoms with Gasteiger partial charge in [-0.25, -0.2) is 9.97 Å². The first kappa shape index (κ1) is 21.1. The maximum absolute atomic E-state index is 6.67. The van der Waals surface area contributed by atoms with E-state index in [4.69, 9.17) is 26.1 Å². The van der Waals surface area contributed by atoms with Gasteiger partial charge in [-0.05, 0) is 29.8 Å². The first-order valence-electron chi connectivity index (χ1n) is 10.00. The highest BCUT2D eigenvalue weighted by Gasteiger charge is 2.20. The van der Waals surface area contributed by atoms with Crippen LogP contribution in [0.5, 0.6) is 5.88 Å². The molecule has 8 heteroatoms. The van der Waals surface area contributed by atoms with Crippen LogP contribution in [0, 0.1) is 0 Å². The molecule has 0 atom stereocenters. The molecule has 1 aliphatic rings. The molecule has 4 rings (SSSR count). The minimum Gasteiger partial charge on any atom is -0.480 e. The first-order valence-corrected chi connectivity index (χ1v) is 10.4. The highest BCUT2D eigenvalue weighted by atomic mass is 35.5. The average molecular weight is 438 g/mol. The number of fused-ring (bicyclic) bond motifs is 1. The number of nitrogens with one attached hydrogen (secondary N) is 1. The van der Waals surface area contributed by atoms with Crippen LogP contribution in [-0.2, 0) is 4.74 Å². The molecule has 1 N–H and O–H groups in total.